The first-order valence-corrected chi connectivity index (χ1v) is 5.44. The van der Waals surface area contributed by atoms with Crippen LogP contribution in [0.25, 0.3) is 11.6 Å². The van der Waals surface area contributed by atoms with Crippen LogP contribution in [0, 0.1) is 11.3 Å². The van der Waals surface area contributed by atoms with Crippen molar-refractivity contribution in [3.8, 4) is 6.07 Å². The molecule has 2 heterocycles. The number of allylic oxidation sites excluding steroid dienone is 1. The summed E-state index contributed by atoms with van der Waals surface area (Å²) in [6.07, 6.45) is 3.07. The van der Waals surface area contributed by atoms with Gasteiger partial charge in [-0.2, -0.15) is 20.2 Å². The standard InChI is InChI=1S/C12H12N6O/c1-18(2)12-16-10(15-11(14)17-12)8(7-13)6-9-4-3-5-19-9/h3-6H,1-2H3,(H2,14,15,16,17)/b8-6-. The third-order valence-corrected chi connectivity index (χ3v) is 2.23. The molecule has 96 valence electrons. The Kier molecular flexibility index (Phi) is 3.43. The van der Waals surface area contributed by atoms with Gasteiger partial charge < -0.3 is 15.1 Å². The number of nitriles is 1. The van der Waals surface area contributed by atoms with Gasteiger partial charge in [-0.3, -0.25) is 0 Å². The van der Waals surface area contributed by atoms with Crippen LogP contribution in [0.2, 0.25) is 0 Å². The zero-order chi connectivity index (χ0) is 13.8. The van der Waals surface area contributed by atoms with Gasteiger partial charge in [-0.05, 0) is 12.1 Å². The second-order valence-electron chi connectivity index (χ2n) is 3.90. The van der Waals surface area contributed by atoms with E-state index >= 15 is 0 Å². The van der Waals surface area contributed by atoms with Gasteiger partial charge in [0.1, 0.15) is 17.4 Å². The monoisotopic (exact) mass is 256 g/mol. The zero-order valence-electron chi connectivity index (χ0n) is 10.5. The summed E-state index contributed by atoms with van der Waals surface area (Å²) in [6.45, 7) is 0. The lowest BCUT2D eigenvalue weighted by Crippen LogP contribution is -2.15. The van der Waals surface area contributed by atoms with Gasteiger partial charge in [0.2, 0.25) is 11.9 Å². The maximum atomic E-state index is 9.18. The summed E-state index contributed by atoms with van der Waals surface area (Å²) in [5.74, 6) is 1.22. The summed E-state index contributed by atoms with van der Waals surface area (Å²) in [7, 11) is 3.56. The summed E-state index contributed by atoms with van der Waals surface area (Å²) < 4.78 is 5.15. The number of aromatic nitrogens is 3. The van der Waals surface area contributed by atoms with Crippen LogP contribution in [0.3, 0.4) is 0 Å². The SMILES string of the molecule is CN(C)c1nc(N)nc(/C(C#N)=C\c2ccco2)n1. The highest BCUT2D eigenvalue weighted by atomic mass is 16.3. The highest BCUT2D eigenvalue weighted by Crippen LogP contribution is 2.17. The lowest BCUT2D eigenvalue weighted by molar-refractivity contribution is 0.557. The molecule has 0 unspecified atom stereocenters. The van der Waals surface area contributed by atoms with E-state index in [1.54, 1.807) is 37.2 Å². The Morgan fingerprint density at radius 3 is 2.79 bits per heavy atom. The molecule has 0 bridgehead atoms. The molecular weight excluding hydrogens is 244 g/mol. The van der Waals surface area contributed by atoms with Crippen molar-refractivity contribution in [3.63, 3.8) is 0 Å². The lowest BCUT2D eigenvalue weighted by Gasteiger charge is -2.10. The second kappa shape index (κ2) is 5.18. The molecule has 7 nitrogen and oxygen atoms in total. The minimum atomic E-state index is 0.0642. The van der Waals surface area contributed by atoms with Crippen LogP contribution in [0.15, 0.2) is 22.8 Å². The Morgan fingerprint density at radius 1 is 1.42 bits per heavy atom. The average molecular weight is 256 g/mol. The number of hydrogen-bond acceptors (Lipinski definition) is 7. The molecule has 2 rings (SSSR count). The minimum Gasteiger partial charge on any atom is -0.465 e. The van der Waals surface area contributed by atoms with E-state index in [-0.39, 0.29) is 17.3 Å². The molecule has 7 heteroatoms. The van der Waals surface area contributed by atoms with Crippen molar-refractivity contribution in [2.75, 3.05) is 24.7 Å². The normalized spacial score (nSPS) is 11.1. The molecule has 2 aromatic heterocycles. The molecule has 0 radical (unpaired) electrons. The van der Waals surface area contributed by atoms with Crippen LogP contribution in [0.4, 0.5) is 11.9 Å². The van der Waals surface area contributed by atoms with Crippen LogP contribution in [0.1, 0.15) is 11.6 Å². The summed E-state index contributed by atoms with van der Waals surface area (Å²) >= 11 is 0. The predicted molar refractivity (Wildman–Crippen MR) is 70.8 cm³/mol. The van der Waals surface area contributed by atoms with Crippen LogP contribution < -0.4 is 10.6 Å². The molecule has 0 aliphatic heterocycles. The maximum Gasteiger partial charge on any atom is 0.230 e. The molecule has 0 atom stereocenters. The molecule has 0 fully saturated rings. The first kappa shape index (κ1) is 12.6. The fourth-order valence-corrected chi connectivity index (χ4v) is 1.36. The highest BCUT2D eigenvalue weighted by Gasteiger charge is 2.11. The van der Waals surface area contributed by atoms with E-state index in [0.717, 1.165) is 0 Å². The molecule has 0 amide bonds. The van der Waals surface area contributed by atoms with Gasteiger partial charge in [0.15, 0.2) is 5.82 Å². The second-order valence-corrected chi connectivity index (χ2v) is 3.90. The third kappa shape index (κ3) is 2.87. The molecule has 0 aliphatic carbocycles. The van der Waals surface area contributed by atoms with Gasteiger partial charge in [-0.1, -0.05) is 0 Å². The van der Waals surface area contributed by atoms with Crippen LogP contribution in [-0.2, 0) is 0 Å². The molecular formula is C12H12N6O. The van der Waals surface area contributed by atoms with Crippen molar-refractivity contribution < 1.29 is 4.42 Å². The fraction of sp³-hybridized carbons (Fsp3) is 0.167. The van der Waals surface area contributed by atoms with E-state index in [2.05, 4.69) is 15.0 Å². The van der Waals surface area contributed by atoms with Crippen LogP contribution in [0.5, 0.6) is 0 Å². The van der Waals surface area contributed by atoms with Gasteiger partial charge >= 0.3 is 0 Å². The number of nitrogens with two attached hydrogens (primary N) is 1. The minimum absolute atomic E-state index is 0.0642. The quantitative estimate of drug-likeness (QED) is 0.822. The number of nitrogens with zero attached hydrogens (tertiary/aromatic N) is 5. The predicted octanol–water partition coefficient (Wildman–Crippen LogP) is 1.18. The van der Waals surface area contributed by atoms with Crippen molar-refractivity contribution in [2.24, 2.45) is 0 Å². The third-order valence-electron chi connectivity index (χ3n) is 2.23. The van der Waals surface area contributed by atoms with Crippen LogP contribution >= 0.6 is 0 Å². The summed E-state index contributed by atoms with van der Waals surface area (Å²) in [5.41, 5.74) is 5.87. The molecule has 0 aromatic carbocycles. The number of nitrogen functional groups attached to an aromatic ring is 1. The number of hydrogen-bond donors (Lipinski definition) is 1. The van der Waals surface area contributed by atoms with Crippen molar-refractivity contribution >= 4 is 23.5 Å². The average Bonchev–Trinajstić information content (AvgIpc) is 2.88. The highest BCUT2D eigenvalue weighted by molar-refractivity contribution is 5.86. The van der Waals surface area contributed by atoms with E-state index in [9.17, 15) is 5.26 Å². The van der Waals surface area contributed by atoms with E-state index in [4.69, 9.17) is 10.2 Å². The Hall–Kier alpha value is -2.88. The molecule has 2 aromatic rings. The largest absolute Gasteiger partial charge is 0.465 e. The molecule has 0 spiro atoms. The van der Waals surface area contributed by atoms with E-state index in [1.807, 2.05) is 6.07 Å². The molecule has 2 N–H and O–H groups in total. The zero-order valence-corrected chi connectivity index (χ0v) is 10.5. The van der Waals surface area contributed by atoms with E-state index < -0.39 is 0 Å². The van der Waals surface area contributed by atoms with Gasteiger partial charge in [0.05, 0.1) is 6.26 Å². The van der Waals surface area contributed by atoms with E-state index in [1.165, 1.54) is 6.26 Å². The summed E-state index contributed by atoms with van der Waals surface area (Å²) in [5, 5.41) is 9.18. The topological polar surface area (TPSA) is 105 Å². The molecule has 0 saturated carbocycles. The summed E-state index contributed by atoms with van der Waals surface area (Å²) in [6, 6.07) is 5.49. The maximum absolute atomic E-state index is 9.18. The molecule has 0 aliphatic rings. The van der Waals surface area contributed by atoms with Crippen LogP contribution in [-0.4, -0.2) is 29.0 Å². The first-order valence-electron chi connectivity index (χ1n) is 5.44. The molecule has 0 saturated heterocycles. The molecule has 19 heavy (non-hydrogen) atoms. The number of rotatable bonds is 3. The Labute approximate surface area is 110 Å². The van der Waals surface area contributed by atoms with E-state index in [0.29, 0.717) is 11.7 Å². The fourth-order valence-electron chi connectivity index (χ4n) is 1.36. The number of anilines is 2. The Balaban J connectivity index is 2.47. The first-order chi connectivity index (χ1) is 9.10. The van der Waals surface area contributed by atoms with Gasteiger partial charge in [0, 0.05) is 20.2 Å². The Bertz CT molecular complexity index is 639. The smallest absolute Gasteiger partial charge is 0.230 e. The van der Waals surface area contributed by atoms with Crippen molar-refractivity contribution in [1.82, 2.24) is 15.0 Å². The van der Waals surface area contributed by atoms with Crippen molar-refractivity contribution in [2.45, 2.75) is 0 Å². The van der Waals surface area contributed by atoms with Gasteiger partial charge in [-0.25, -0.2) is 0 Å². The van der Waals surface area contributed by atoms with Gasteiger partial charge in [-0.15, -0.1) is 0 Å². The van der Waals surface area contributed by atoms with Crippen molar-refractivity contribution in [3.05, 3.63) is 30.0 Å². The van der Waals surface area contributed by atoms with Crippen molar-refractivity contribution in [1.29, 1.82) is 5.26 Å². The van der Waals surface area contributed by atoms with Gasteiger partial charge in [0.25, 0.3) is 0 Å². The Morgan fingerprint density at radius 2 is 2.21 bits per heavy atom. The lowest BCUT2D eigenvalue weighted by atomic mass is 10.2. The summed E-state index contributed by atoms with van der Waals surface area (Å²) in [4.78, 5) is 13.8. The number of furan rings is 1.